The zero-order valence-electron chi connectivity index (χ0n) is 21.0. The number of unbranched alkanes of at least 4 members (excludes halogenated alkanes) is 1. The van der Waals surface area contributed by atoms with Gasteiger partial charge in [0, 0.05) is 28.3 Å². The summed E-state index contributed by atoms with van der Waals surface area (Å²) in [6.07, 6.45) is 3.48. The lowest BCUT2D eigenvalue weighted by Gasteiger charge is -2.37. The number of hydrogen-bond acceptors (Lipinski definition) is 3. The molecule has 1 aliphatic carbocycles. The summed E-state index contributed by atoms with van der Waals surface area (Å²) >= 11 is 6.19. The van der Waals surface area contributed by atoms with E-state index in [-0.39, 0.29) is 17.7 Å². The first-order chi connectivity index (χ1) is 18.1. The Bertz CT molecular complexity index is 1490. The molecule has 0 spiro atoms. The fourth-order valence-corrected chi connectivity index (χ4v) is 5.88. The lowest BCUT2D eigenvalue weighted by molar-refractivity contribution is -0.116. The summed E-state index contributed by atoms with van der Waals surface area (Å²) in [4.78, 5) is 13.9. The summed E-state index contributed by atoms with van der Waals surface area (Å²) in [6.45, 7) is 2.89. The monoisotopic (exact) mass is 507 g/mol. The van der Waals surface area contributed by atoms with Gasteiger partial charge in [-0.3, -0.25) is 4.79 Å². The van der Waals surface area contributed by atoms with E-state index in [1.165, 1.54) is 16.3 Å². The summed E-state index contributed by atoms with van der Waals surface area (Å²) in [5.74, 6) is 1.23. The Labute approximate surface area is 223 Å². The summed E-state index contributed by atoms with van der Waals surface area (Å²) < 4.78 is 5.87. The Balaban J connectivity index is 1.43. The molecule has 4 heteroatoms. The Kier molecular flexibility index (Phi) is 6.48. The van der Waals surface area contributed by atoms with E-state index < -0.39 is 0 Å². The fraction of sp³-hybridized carbons (Fsp3) is 0.242. The minimum atomic E-state index is -0.191. The molecule has 4 aromatic rings. The van der Waals surface area contributed by atoms with Gasteiger partial charge in [-0.1, -0.05) is 79.5 Å². The Hall–Kier alpha value is -3.56. The maximum Gasteiger partial charge on any atom is 0.162 e. The molecule has 186 valence electrons. The number of hydrogen-bond donors (Lipinski definition) is 1. The molecule has 0 aromatic heterocycles. The zero-order chi connectivity index (χ0) is 25.4. The number of ketones is 1. The third-order valence-corrected chi connectivity index (χ3v) is 7.90. The third-order valence-electron chi connectivity index (χ3n) is 7.65. The second-order valence-electron chi connectivity index (χ2n) is 10.0. The highest BCUT2D eigenvalue weighted by molar-refractivity contribution is 6.30. The average molecular weight is 508 g/mol. The van der Waals surface area contributed by atoms with Crippen LogP contribution in [-0.2, 0) is 4.79 Å². The Morgan fingerprint density at radius 2 is 1.65 bits per heavy atom. The largest absolute Gasteiger partial charge is 0.494 e. The molecule has 6 rings (SSSR count). The summed E-state index contributed by atoms with van der Waals surface area (Å²) in [5, 5.41) is 6.76. The Morgan fingerprint density at radius 3 is 2.43 bits per heavy atom. The molecule has 2 atom stereocenters. The van der Waals surface area contributed by atoms with Crippen LogP contribution in [0, 0.1) is 0 Å². The van der Waals surface area contributed by atoms with Gasteiger partial charge in [-0.2, -0.15) is 0 Å². The van der Waals surface area contributed by atoms with Gasteiger partial charge in [0.15, 0.2) is 5.78 Å². The number of Topliss-reactive ketones (excluding diaryl/α,β-unsaturated/α-hetero) is 1. The number of halogens is 1. The number of allylic oxidation sites excluding steroid dienone is 1. The van der Waals surface area contributed by atoms with E-state index in [1.807, 2.05) is 36.4 Å². The van der Waals surface area contributed by atoms with Crippen molar-refractivity contribution >= 4 is 39.4 Å². The van der Waals surface area contributed by atoms with Gasteiger partial charge in [-0.15, -0.1) is 0 Å². The topological polar surface area (TPSA) is 38.3 Å². The second-order valence-corrected chi connectivity index (χ2v) is 10.5. The van der Waals surface area contributed by atoms with Crippen LogP contribution in [0.25, 0.3) is 16.3 Å². The Morgan fingerprint density at radius 1 is 0.892 bits per heavy atom. The minimum absolute atomic E-state index is 0.131. The minimum Gasteiger partial charge on any atom is -0.494 e. The maximum atomic E-state index is 13.9. The average Bonchev–Trinajstić information content (AvgIpc) is 2.93. The number of rotatable bonds is 6. The van der Waals surface area contributed by atoms with E-state index in [0.717, 1.165) is 59.6 Å². The van der Waals surface area contributed by atoms with Crippen molar-refractivity contribution < 1.29 is 9.53 Å². The molecule has 2 aliphatic rings. The third kappa shape index (κ3) is 4.53. The molecule has 4 aromatic carbocycles. The highest BCUT2D eigenvalue weighted by Crippen LogP contribution is 2.51. The number of carbonyl (C=O) groups is 1. The van der Waals surface area contributed by atoms with Crippen molar-refractivity contribution in [2.75, 3.05) is 11.9 Å². The number of nitrogens with one attached hydrogen (secondary N) is 1. The molecule has 1 N–H and O–H groups in total. The van der Waals surface area contributed by atoms with Crippen molar-refractivity contribution in [1.82, 2.24) is 0 Å². The molecule has 0 bridgehead atoms. The van der Waals surface area contributed by atoms with Gasteiger partial charge in [-0.25, -0.2) is 0 Å². The van der Waals surface area contributed by atoms with Crippen molar-refractivity contribution in [2.45, 2.75) is 44.6 Å². The van der Waals surface area contributed by atoms with Crippen LogP contribution >= 0.6 is 11.6 Å². The second kappa shape index (κ2) is 10.1. The highest BCUT2D eigenvalue weighted by Gasteiger charge is 2.38. The lowest BCUT2D eigenvalue weighted by Crippen LogP contribution is -2.29. The van der Waals surface area contributed by atoms with E-state index >= 15 is 0 Å². The predicted molar refractivity (Wildman–Crippen MR) is 153 cm³/mol. The highest BCUT2D eigenvalue weighted by atomic mass is 35.5. The molecule has 1 heterocycles. The van der Waals surface area contributed by atoms with Crippen LogP contribution in [-0.4, -0.2) is 12.4 Å². The molecule has 0 amide bonds. The van der Waals surface area contributed by atoms with Crippen molar-refractivity contribution in [3.63, 3.8) is 0 Å². The van der Waals surface area contributed by atoms with Crippen LogP contribution in [0.5, 0.6) is 5.75 Å². The van der Waals surface area contributed by atoms with Gasteiger partial charge in [0.1, 0.15) is 5.75 Å². The number of anilines is 1. The van der Waals surface area contributed by atoms with Crippen molar-refractivity contribution in [3.05, 3.63) is 112 Å². The molecule has 1 aliphatic heterocycles. The van der Waals surface area contributed by atoms with Crippen LogP contribution in [0.4, 0.5) is 5.69 Å². The fourth-order valence-electron chi connectivity index (χ4n) is 5.76. The first-order valence-electron chi connectivity index (χ1n) is 13.2. The maximum absolute atomic E-state index is 13.9. The number of carbonyl (C=O) groups excluding carboxylic acids is 1. The van der Waals surface area contributed by atoms with Gasteiger partial charge in [-0.05, 0) is 76.6 Å². The summed E-state index contributed by atoms with van der Waals surface area (Å²) in [7, 11) is 0. The molecule has 0 saturated heterocycles. The smallest absolute Gasteiger partial charge is 0.162 e. The van der Waals surface area contributed by atoms with Crippen LogP contribution < -0.4 is 10.1 Å². The molecule has 0 fully saturated rings. The number of benzene rings is 4. The quantitative estimate of drug-likeness (QED) is 0.265. The standard InChI is InChI=1S/C33H30ClNO2/c1-2-3-18-37-26-15-10-21(11-16-26)24-19-28-31-27-7-5-4-6-22(27)12-17-29(31)35-33(32(28)30(36)20-24)23-8-13-25(34)14-9-23/h4-17,24,33,35H,2-3,18-20H2,1H3/t24-,33-/m1/s1. The van der Waals surface area contributed by atoms with Gasteiger partial charge in [0.25, 0.3) is 0 Å². The van der Waals surface area contributed by atoms with Crippen LogP contribution in [0.15, 0.2) is 90.5 Å². The SMILES string of the molecule is CCCCOc1ccc([C@H]2CC(=O)C3=C(C2)c2c(ccc4ccccc24)N[C@@H]3c2ccc(Cl)cc2)cc1. The zero-order valence-corrected chi connectivity index (χ0v) is 21.7. The van der Waals surface area contributed by atoms with Crippen LogP contribution in [0.1, 0.15) is 61.3 Å². The van der Waals surface area contributed by atoms with Crippen molar-refractivity contribution in [2.24, 2.45) is 0 Å². The predicted octanol–water partition coefficient (Wildman–Crippen LogP) is 8.74. The van der Waals surface area contributed by atoms with Crippen molar-refractivity contribution in [1.29, 1.82) is 0 Å². The summed E-state index contributed by atoms with van der Waals surface area (Å²) in [6, 6.07) is 28.8. The molecule has 0 unspecified atom stereocenters. The van der Waals surface area contributed by atoms with E-state index in [9.17, 15) is 4.79 Å². The van der Waals surface area contributed by atoms with Gasteiger partial charge in [0.2, 0.25) is 0 Å². The normalized spacial score (nSPS) is 18.8. The van der Waals surface area contributed by atoms with E-state index in [2.05, 4.69) is 60.8 Å². The van der Waals surface area contributed by atoms with Gasteiger partial charge in [0.05, 0.1) is 12.6 Å². The molecule has 37 heavy (non-hydrogen) atoms. The molecular weight excluding hydrogens is 478 g/mol. The molecule has 0 radical (unpaired) electrons. The van der Waals surface area contributed by atoms with E-state index in [0.29, 0.717) is 11.4 Å². The molecule has 3 nitrogen and oxygen atoms in total. The van der Waals surface area contributed by atoms with E-state index in [1.54, 1.807) is 0 Å². The van der Waals surface area contributed by atoms with Crippen LogP contribution in [0.2, 0.25) is 5.02 Å². The van der Waals surface area contributed by atoms with Crippen LogP contribution in [0.3, 0.4) is 0 Å². The number of ether oxygens (including phenoxy) is 1. The number of fused-ring (bicyclic) bond motifs is 4. The van der Waals surface area contributed by atoms with Gasteiger partial charge < -0.3 is 10.1 Å². The molecule has 0 saturated carbocycles. The molecular formula is C33H30ClNO2. The van der Waals surface area contributed by atoms with E-state index in [4.69, 9.17) is 16.3 Å². The van der Waals surface area contributed by atoms with Crippen molar-refractivity contribution in [3.8, 4) is 5.75 Å². The first-order valence-corrected chi connectivity index (χ1v) is 13.5. The summed E-state index contributed by atoms with van der Waals surface area (Å²) in [5.41, 5.74) is 6.53. The van der Waals surface area contributed by atoms with Gasteiger partial charge >= 0.3 is 0 Å². The first kappa shape index (κ1) is 23.8. The lowest BCUT2D eigenvalue weighted by atomic mass is 9.71.